The lowest BCUT2D eigenvalue weighted by Crippen LogP contribution is -2.28. The van der Waals surface area contributed by atoms with Crippen LogP contribution in [0.3, 0.4) is 0 Å². The maximum Gasteiger partial charge on any atom is 0.140 e. The Morgan fingerprint density at radius 1 is 0.652 bits per heavy atom. The van der Waals surface area contributed by atoms with Gasteiger partial charge in [0, 0.05) is 0 Å². The standard InChI is InChI=1S/C22H22O/c1-2-9-18-14-16-21(17-15-18)22(23,19-10-5-3-6-11-19)20-12-7-4-8-13-20/h3-8,10-17,23H,2,9H2,1H3. The van der Waals surface area contributed by atoms with Crippen LogP contribution >= 0.6 is 0 Å². The van der Waals surface area contributed by atoms with E-state index < -0.39 is 5.60 Å². The van der Waals surface area contributed by atoms with Gasteiger partial charge in [0.2, 0.25) is 0 Å². The van der Waals surface area contributed by atoms with E-state index in [0.29, 0.717) is 0 Å². The van der Waals surface area contributed by atoms with Gasteiger partial charge in [-0.3, -0.25) is 0 Å². The molecule has 0 aliphatic heterocycles. The van der Waals surface area contributed by atoms with Crippen molar-refractivity contribution < 1.29 is 5.11 Å². The first-order chi connectivity index (χ1) is 11.2. The molecule has 0 atom stereocenters. The zero-order chi connectivity index (χ0) is 16.1. The summed E-state index contributed by atoms with van der Waals surface area (Å²) < 4.78 is 0. The Labute approximate surface area is 138 Å². The van der Waals surface area contributed by atoms with E-state index in [4.69, 9.17) is 0 Å². The molecule has 0 amide bonds. The van der Waals surface area contributed by atoms with Crippen LogP contribution in [0, 0.1) is 0 Å². The average Bonchev–Trinajstić information content (AvgIpc) is 2.63. The molecule has 1 nitrogen and oxygen atoms in total. The number of hydrogen-bond donors (Lipinski definition) is 1. The number of aliphatic hydroxyl groups is 1. The topological polar surface area (TPSA) is 20.2 Å². The van der Waals surface area contributed by atoms with Gasteiger partial charge in [-0.25, -0.2) is 0 Å². The molecule has 116 valence electrons. The summed E-state index contributed by atoms with van der Waals surface area (Å²) >= 11 is 0. The van der Waals surface area contributed by atoms with Crippen molar-refractivity contribution in [2.24, 2.45) is 0 Å². The zero-order valence-corrected chi connectivity index (χ0v) is 13.4. The third kappa shape index (κ3) is 3.06. The number of aryl methyl sites for hydroxylation is 1. The van der Waals surface area contributed by atoms with Crippen LogP contribution < -0.4 is 0 Å². The summed E-state index contributed by atoms with van der Waals surface area (Å²) in [7, 11) is 0. The summed E-state index contributed by atoms with van der Waals surface area (Å²) in [5, 5.41) is 11.6. The molecule has 1 N–H and O–H groups in total. The first kappa shape index (κ1) is 15.5. The summed E-state index contributed by atoms with van der Waals surface area (Å²) in [6.07, 6.45) is 2.19. The van der Waals surface area contributed by atoms with E-state index in [1.54, 1.807) is 0 Å². The van der Waals surface area contributed by atoms with Crippen LogP contribution in [0.15, 0.2) is 84.9 Å². The smallest absolute Gasteiger partial charge is 0.140 e. The largest absolute Gasteiger partial charge is 0.376 e. The van der Waals surface area contributed by atoms with Crippen LogP contribution in [0.25, 0.3) is 0 Å². The first-order valence-electron chi connectivity index (χ1n) is 8.18. The predicted octanol–water partition coefficient (Wildman–Crippen LogP) is 4.92. The maximum atomic E-state index is 11.6. The summed E-state index contributed by atoms with van der Waals surface area (Å²) in [6.45, 7) is 2.18. The highest BCUT2D eigenvalue weighted by Gasteiger charge is 2.33. The lowest BCUT2D eigenvalue weighted by molar-refractivity contribution is 0.125. The van der Waals surface area contributed by atoms with E-state index in [2.05, 4.69) is 19.1 Å². The van der Waals surface area contributed by atoms with E-state index >= 15 is 0 Å². The lowest BCUT2D eigenvalue weighted by Gasteiger charge is -2.30. The minimum Gasteiger partial charge on any atom is -0.376 e. The second-order valence-corrected chi connectivity index (χ2v) is 5.89. The van der Waals surface area contributed by atoms with E-state index in [1.807, 2.05) is 72.8 Å². The Kier molecular flexibility index (Phi) is 4.59. The van der Waals surface area contributed by atoms with Crippen LogP contribution in [0.4, 0.5) is 0 Å². The Morgan fingerprint density at radius 3 is 1.52 bits per heavy atom. The Morgan fingerprint density at radius 2 is 1.09 bits per heavy atom. The monoisotopic (exact) mass is 302 g/mol. The Bertz CT molecular complexity index is 690. The van der Waals surface area contributed by atoms with Gasteiger partial charge in [0.1, 0.15) is 5.60 Å². The van der Waals surface area contributed by atoms with E-state index in [1.165, 1.54) is 5.56 Å². The minimum absolute atomic E-state index is 0.884. The fourth-order valence-electron chi connectivity index (χ4n) is 3.06. The SMILES string of the molecule is CCCc1ccc(C(O)(c2ccccc2)c2ccccc2)cc1. The van der Waals surface area contributed by atoms with Crippen LogP contribution in [0.5, 0.6) is 0 Å². The van der Waals surface area contributed by atoms with Crippen LogP contribution in [-0.2, 0) is 12.0 Å². The lowest BCUT2D eigenvalue weighted by atomic mass is 9.80. The second kappa shape index (κ2) is 6.80. The van der Waals surface area contributed by atoms with Crippen molar-refractivity contribution in [2.45, 2.75) is 25.4 Å². The number of benzene rings is 3. The minimum atomic E-state index is -1.13. The molecule has 0 aliphatic carbocycles. The van der Waals surface area contributed by atoms with Crippen molar-refractivity contribution in [1.29, 1.82) is 0 Å². The van der Waals surface area contributed by atoms with Gasteiger partial charge in [0.05, 0.1) is 0 Å². The molecular formula is C22H22O. The fraction of sp³-hybridized carbons (Fsp3) is 0.182. The summed E-state index contributed by atoms with van der Waals surface area (Å²) in [6, 6.07) is 28.1. The molecule has 0 unspecified atom stereocenters. The Balaban J connectivity index is 2.13. The normalized spacial score (nSPS) is 11.4. The van der Waals surface area contributed by atoms with Gasteiger partial charge in [-0.2, -0.15) is 0 Å². The van der Waals surface area contributed by atoms with Crippen molar-refractivity contribution in [2.75, 3.05) is 0 Å². The third-order valence-corrected chi connectivity index (χ3v) is 4.29. The molecule has 1 heteroatoms. The molecular weight excluding hydrogens is 280 g/mol. The maximum absolute atomic E-state index is 11.6. The summed E-state index contributed by atoms with van der Waals surface area (Å²) in [5.74, 6) is 0. The molecule has 0 saturated heterocycles. The molecule has 0 heterocycles. The van der Waals surface area contributed by atoms with Crippen LogP contribution in [0.2, 0.25) is 0 Å². The van der Waals surface area contributed by atoms with Gasteiger partial charge in [-0.05, 0) is 28.7 Å². The van der Waals surface area contributed by atoms with Crippen LogP contribution in [-0.4, -0.2) is 5.11 Å². The summed E-state index contributed by atoms with van der Waals surface area (Å²) in [5.41, 5.74) is 2.84. The molecule has 0 fully saturated rings. The van der Waals surface area contributed by atoms with Gasteiger partial charge in [-0.15, -0.1) is 0 Å². The predicted molar refractivity (Wildman–Crippen MR) is 95.4 cm³/mol. The summed E-state index contributed by atoms with van der Waals surface area (Å²) in [4.78, 5) is 0. The van der Waals surface area contributed by atoms with Gasteiger partial charge in [0.15, 0.2) is 0 Å². The average molecular weight is 302 g/mol. The van der Waals surface area contributed by atoms with Gasteiger partial charge < -0.3 is 5.11 Å². The zero-order valence-electron chi connectivity index (χ0n) is 13.4. The molecule has 0 saturated carbocycles. The van der Waals surface area contributed by atoms with E-state index in [-0.39, 0.29) is 0 Å². The van der Waals surface area contributed by atoms with E-state index in [0.717, 1.165) is 29.5 Å². The number of rotatable bonds is 5. The van der Waals surface area contributed by atoms with Gasteiger partial charge in [-0.1, -0.05) is 98.3 Å². The van der Waals surface area contributed by atoms with Crippen molar-refractivity contribution >= 4 is 0 Å². The van der Waals surface area contributed by atoms with Crippen molar-refractivity contribution in [3.63, 3.8) is 0 Å². The van der Waals surface area contributed by atoms with Gasteiger partial charge >= 0.3 is 0 Å². The molecule has 3 aromatic carbocycles. The van der Waals surface area contributed by atoms with Crippen molar-refractivity contribution in [3.8, 4) is 0 Å². The first-order valence-corrected chi connectivity index (χ1v) is 8.18. The van der Waals surface area contributed by atoms with E-state index in [9.17, 15) is 5.11 Å². The highest BCUT2D eigenvalue weighted by atomic mass is 16.3. The molecule has 0 spiro atoms. The Hall–Kier alpha value is -2.38. The highest BCUT2D eigenvalue weighted by molar-refractivity contribution is 5.47. The molecule has 0 bridgehead atoms. The second-order valence-electron chi connectivity index (χ2n) is 5.89. The molecule has 0 radical (unpaired) electrons. The molecule has 23 heavy (non-hydrogen) atoms. The quantitative estimate of drug-likeness (QED) is 0.663. The third-order valence-electron chi connectivity index (χ3n) is 4.29. The fourth-order valence-corrected chi connectivity index (χ4v) is 3.06. The number of hydrogen-bond acceptors (Lipinski definition) is 1. The van der Waals surface area contributed by atoms with Crippen molar-refractivity contribution in [3.05, 3.63) is 107 Å². The highest BCUT2D eigenvalue weighted by Crippen LogP contribution is 2.36. The van der Waals surface area contributed by atoms with Crippen molar-refractivity contribution in [1.82, 2.24) is 0 Å². The molecule has 3 aromatic rings. The molecule has 0 aromatic heterocycles. The molecule has 3 rings (SSSR count). The van der Waals surface area contributed by atoms with Crippen LogP contribution in [0.1, 0.15) is 35.6 Å². The molecule has 0 aliphatic rings. The van der Waals surface area contributed by atoms with Gasteiger partial charge in [0.25, 0.3) is 0 Å².